The summed E-state index contributed by atoms with van der Waals surface area (Å²) in [5.41, 5.74) is 3.71. The Morgan fingerprint density at radius 2 is 1.50 bits per heavy atom. The Hall–Kier alpha value is -3.41. The molecule has 0 aromatic heterocycles. The van der Waals surface area contributed by atoms with E-state index in [9.17, 15) is 18.3 Å². The molecule has 3 aromatic carbocycles. The zero-order valence-corrected chi connectivity index (χ0v) is 17.5. The van der Waals surface area contributed by atoms with Crippen LogP contribution in [-0.4, -0.2) is 18.2 Å². The number of hydrogen-bond acceptors (Lipinski definition) is 3. The average molecular weight is 439 g/mol. The quantitative estimate of drug-likeness (QED) is 0.453. The first kappa shape index (κ1) is 21.8. The molecule has 1 aliphatic rings. The lowest BCUT2D eigenvalue weighted by Gasteiger charge is -2.28. The fourth-order valence-corrected chi connectivity index (χ4v) is 3.69. The number of benzene rings is 3. The summed E-state index contributed by atoms with van der Waals surface area (Å²) >= 11 is 0. The second kappa shape index (κ2) is 9.39. The number of anilines is 1. The van der Waals surface area contributed by atoms with E-state index < -0.39 is 11.7 Å². The van der Waals surface area contributed by atoms with Crippen LogP contribution in [0.1, 0.15) is 23.1 Å². The molecule has 0 saturated heterocycles. The van der Waals surface area contributed by atoms with E-state index in [1.807, 2.05) is 36.4 Å². The van der Waals surface area contributed by atoms with Gasteiger partial charge < -0.3 is 14.7 Å². The monoisotopic (exact) mass is 439 g/mol. The van der Waals surface area contributed by atoms with Crippen LogP contribution in [0.4, 0.5) is 18.9 Å². The number of nitrogens with zero attached hydrogens (tertiary/aromatic N) is 1. The molecule has 0 amide bonds. The number of rotatable bonds is 6. The summed E-state index contributed by atoms with van der Waals surface area (Å²) in [5.74, 6) is 0.957. The summed E-state index contributed by atoms with van der Waals surface area (Å²) in [7, 11) is 0. The molecule has 4 rings (SSSR count). The Morgan fingerprint density at radius 3 is 2.09 bits per heavy atom. The first-order chi connectivity index (χ1) is 15.4. The highest BCUT2D eigenvalue weighted by Gasteiger charge is 2.29. The van der Waals surface area contributed by atoms with Crippen molar-refractivity contribution in [2.75, 3.05) is 18.0 Å². The third-order valence-corrected chi connectivity index (χ3v) is 5.56. The van der Waals surface area contributed by atoms with Gasteiger partial charge in [0.1, 0.15) is 18.1 Å². The summed E-state index contributed by atoms with van der Waals surface area (Å²) in [6.07, 6.45) is -0.214. The molecule has 166 valence electrons. The Bertz CT molecular complexity index is 1060. The zero-order valence-electron chi connectivity index (χ0n) is 17.5. The normalized spacial score (nSPS) is 14.2. The fourth-order valence-electron chi connectivity index (χ4n) is 3.69. The van der Waals surface area contributed by atoms with Gasteiger partial charge in [-0.25, -0.2) is 0 Å². The van der Waals surface area contributed by atoms with Crippen molar-refractivity contribution in [3.8, 4) is 11.5 Å². The van der Waals surface area contributed by atoms with Crippen LogP contribution in [0.25, 0.3) is 0 Å². The van der Waals surface area contributed by atoms with Gasteiger partial charge in [0.2, 0.25) is 0 Å². The molecule has 0 atom stereocenters. The van der Waals surface area contributed by atoms with Crippen molar-refractivity contribution in [3.05, 3.63) is 101 Å². The molecule has 0 bridgehead atoms. The summed E-state index contributed by atoms with van der Waals surface area (Å²) in [4.78, 5) is 2.28. The van der Waals surface area contributed by atoms with Crippen LogP contribution >= 0.6 is 0 Å². The molecule has 6 heteroatoms. The lowest BCUT2D eigenvalue weighted by molar-refractivity contribution is -0.137. The number of ether oxygens (including phenoxy) is 1. The molecule has 0 fully saturated rings. The van der Waals surface area contributed by atoms with Crippen molar-refractivity contribution in [1.82, 2.24) is 0 Å². The van der Waals surface area contributed by atoms with Gasteiger partial charge in [-0.1, -0.05) is 35.9 Å². The number of hydrogen-bond donors (Lipinski definition) is 1. The van der Waals surface area contributed by atoms with E-state index >= 15 is 0 Å². The SMILES string of the molecule is Oc1ccc(N2CC=C(Cc3ccc(OCc4ccc(C(F)(F)F)cc4)cc3)CC2)cc1. The molecule has 32 heavy (non-hydrogen) atoms. The first-order valence-corrected chi connectivity index (χ1v) is 10.5. The predicted molar refractivity (Wildman–Crippen MR) is 119 cm³/mol. The maximum absolute atomic E-state index is 12.6. The topological polar surface area (TPSA) is 32.7 Å². The van der Waals surface area contributed by atoms with Crippen molar-refractivity contribution in [3.63, 3.8) is 0 Å². The van der Waals surface area contributed by atoms with Gasteiger partial charge in [0.25, 0.3) is 0 Å². The average Bonchev–Trinajstić information content (AvgIpc) is 2.79. The molecule has 0 spiro atoms. The van der Waals surface area contributed by atoms with E-state index in [2.05, 4.69) is 11.0 Å². The molecule has 0 aliphatic carbocycles. The molecule has 1 N–H and O–H groups in total. The molecular weight excluding hydrogens is 415 g/mol. The minimum Gasteiger partial charge on any atom is -0.508 e. The van der Waals surface area contributed by atoms with Gasteiger partial charge >= 0.3 is 6.18 Å². The van der Waals surface area contributed by atoms with Crippen LogP contribution in [-0.2, 0) is 19.2 Å². The van der Waals surface area contributed by atoms with Crippen molar-refractivity contribution in [2.45, 2.75) is 25.6 Å². The Morgan fingerprint density at radius 1 is 0.844 bits per heavy atom. The minimum absolute atomic E-state index is 0.218. The van der Waals surface area contributed by atoms with Crippen LogP contribution in [0.5, 0.6) is 11.5 Å². The third kappa shape index (κ3) is 5.63. The number of phenolic OH excluding ortho intramolecular Hbond substituents is 1. The highest BCUT2D eigenvalue weighted by Crippen LogP contribution is 2.29. The summed E-state index contributed by atoms with van der Waals surface area (Å²) < 4.78 is 43.6. The van der Waals surface area contributed by atoms with Gasteiger partial charge in [0.15, 0.2) is 0 Å². The maximum atomic E-state index is 12.6. The van der Waals surface area contributed by atoms with E-state index in [4.69, 9.17) is 4.74 Å². The first-order valence-electron chi connectivity index (χ1n) is 10.5. The minimum atomic E-state index is -4.33. The Balaban J connectivity index is 1.28. The molecule has 1 heterocycles. The van der Waals surface area contributed by atoms with E-state index in [1.54, 1.807) is 12.1 Å². The fraction of sp³-hybridized carbons (Fsp3) is 0.231. The maximum Gasteiger partial charge on any atom is 0.416 e. The lowest BCUT2D eigenvalue weighted by Crippen LogP contribution is -2.28. The van der Waals surface area contributed by atoms with Crippen LogP contribution in [0, 0.1) is 0 Å². The summed E-state index contributed by atoms with van der Waals surface area (Å²) in [5, 5.41) is 9.43. The second-order valence-corrected chi connectivity index (χ2v) is 7.88. The van der Waals surface area contributed by atoms with Crippen LogP contribution < -0.4 is 9.64 Å². The van der Waals surface area contributed by atoms with E-state index in [-0.39, 0.29) is 12.4 Å². The second-order valence-electron chi connectivity index (χ2n) is 7.88. The number of phenols is 1. The molecule has 3 aromatic rings. The van der Waals surface area contributed by atoms with Gasteiger partial charge in [-0.15, -0.1) is 0 Å². The van der Waals surface area contributed by atoms with Gasteiger partial charge in [-0.2, -0.15) is 13.2 Å². The molecule has 0 unspecified atom stereocenters. The summed E-state index contributed by atoms with van der Waals surface area (Å²) in [6, 6.07) is 20.1. The zero-order chi connectivity index (χ0) is 22.6. The van der Waals surface area contributed by atoms with Crippen molar-refractivity contribution >= 4 is 5.69 Å². The largest absolute Gasteiger partial charge is 0.508 e. The number of aromatic hydroxyl groups is 1. The summed E-state index contributed by atoms with van der Waals surface area (Å²) in [6.45, 7) is 2.00. The van der Waals surface area contributed by atoms with Crippen molar-refractivity contribution in [1.29, 1.82) is 0 Å². The number of halogens is 3. The smallest absolute Gasteiger partial charge is 0.416 e. The van der Waals surface area contributed by atoms with E-state index in [1.165, 1.54) is 23.3 Å². The van der Waals surface area contributed by atoms with Crippen LogP contribution in [0.15, 0.2) is 84.4 Å². The third-order valence-electron chi connectivity index (χ3n) is 5.56. The van der Waals surface area contributed by atoms with E-state index in [0.29, 0.717) is 11.3 Å². The molecule has 0 radical (unpaired) electrons. The Kier molecular flexibility index (Phi) is 6.40. The van der Waals surface area contributed by atoms with Crippen LogP contribution in [0.2, 0.25) is 0 Å². The Labute approximate surface area is 185 Å². The molecular formula is C26H24F3NO2. The van der Waals surface area contributed by atoms with Crippen LogP contribution in [0.3, 0.4) is 0 Å². The molecule has 0 saturated carbocycles. The highest BCUT2D eigenvalue weighted by molar-refractivity contribution is 5.50. The predicted octanol–water partition coefficient (Wildman–Crippen LogP) is 6.37. The lowest BCUT2D eigenvalue weighted by atomic mass is 9.99. The van der Waals surface area contributed by atoms with Gasteiger partial charge in [-0.3, -0.25) is 0 Å². The van der Waals surface area contributed by atoms with Crippen molar-refractivity contribution in [2.24, 2.45) is 0 Å². The van der Waals surface area contributed by atoms with Gasteiger partial charge in [-0.05, 0) is 72.5 Å². The van der Waals surface area contributed by atoms with Gasteiger partial charge in [0, 0.05) is 18.8 Å². The van der Waals surface area contributed by atoms with Crippen molar-refractivity contribution < 1.29 is 23.0 Å². The molecule has 3 nitrogen and oxygen atoms in total. The number of alkyl halides is 3. The highest BCUT2D eigenvalue weighted by atomic mass is 19.4. The van der Waals surface area contributed by atoms with Gasteiger partial charge in [0.05, 0.1) is 5.56 Å². The van der Waals surface area contributed by atoms with E-state index in [0.717, 1.165) is 43.8 Å². The molecule has 1 aliphatic heterocycles. The standard InChI is InChI=1S/C26H24F3NO2/c27-26(28,29)22-5-1-21(2-6-22)18-32-25-11-3-19(4-12-25)17-20-13-15-30(16-14-20)23-7-9-24(31)10-8-23/h1-13,31H,14-18H2.